The predicted molar refractivity (Wildman–Crippen MR) is 64.0 cm³/mol. The zero-order valence-electron chi connectivity index (χ0n) is 9.30. The molecule has 2 fully saturated rings. The lowest BCUT2D eigenvalue weighted by atomic mass is 10.1. The van der Waals surface area contributed by atoms with Gasteiger partial charge in [-0.05, 0) is 29.7 Å². The molecule has 1 aromatic rings. The maximum absolute atomic E-state index is 11.1. The Balaban J connectivity index is 1.52. The van der Waals surface area contributed by atoms with Crippen LogP contribution in [0, 0.1) is 17.8 Å². The number of fused-ring (bicyclic) bond motifs is 1. The van der Waals surface area contributed by atoms with Gasteiger partial charge in [0.05, 0.1) is 0 Å². The monoisotopic (exact) mass is 212 g/mol. The van der Waals surface area contributed by atoms with Gasteiger partial charge in [0.2, 0.25) is 0 Å². The Bertz CT molecular complexity index is 404. The number of allylic oxidation sites excluding steroid dienone is 2. The second-order valence-electron chi connectivity index (χ2n) is 4.97. The first-order chi connectivity index (χ1) is 7.84. The van der Waals surface area contributed by atoms with Gasteiger partial charge in [0.1, 0.15) is 5.78 Å². The molecule has 0 heterocycles. The van der Waals surface area contributed by atoms with Gasteiger partial charge >= 0.3 is 0 Å². The molecule has 0 aromatic heterocycles. The summed E-state index contributed by atoms with van der Waals surface area (Å²) in [7, 11) is 0. The Morgan fingerprint density at radius 2 is 1.81 bits per heavy atom. The van der Waals surface area contributed by atoms with Crippen molar-refractivity contribution in [1.29, 1.82) is 0 Å². The third kappa shape index (κ3) is 1.82. The third-order valence-electron chi connectivity index (χ3n) is 3.88. The largest absolute Gasteiger partial charge is 0.300 e. The number of rotatable bonds is 3. The SMILES string of the molecule is O=C1CC2C(C=CCc3ccccc3)C2C1. The average molecular weight is 212 g/mol. The van der Waals surface area contributed by atoms with Crippen LogP contribution in [0.1, 0.15) is 18.4 Å². The Hall–Kier alpha value is -1.37. The van der Waals surface area contributed by atoms with Crippen molar-refractivity contribution in [3.05, 3.63) is 48.0 Å². The Morgan fingerprint density at radius 1 is 1.12 bits per heavy atom. The summed E-state index contributed by atoms with van der Waals surface area (Å²) in [6, 6.07) is 10.5. The van der Waals surface area contributed by atoms with Crippen LogP contribution in [0.3, 0.4) is 0 Å². The quantitative estimate of drug-likeness (QED) is 0.704. The van der Waals surface area contributed by atoms with Crippen LogP contribution in [0.4, 0.5) is 0 Å². The van der Waals surface area contributed by atoms with Crippen molar-refractivity contribution < 1.29 is 4.79 Å². The van der Waals surface area contributed by atoms with E-state index in [1.807, 2.05) is 6.07 Å². The van der Waals surface area contributed by atoms with E-state index in [0.29, 0.717) is 23.5 Å². The van der Waals surface area contributed by atoms with E-state index in [4.69, 9.17) is 0 Å². The summed E-state index contributed by atoms with van der Waals surface area (Å²) in [6.45, 7) is 0. The zero-order valence-corrected chi connectivity index (χ0v) is 9.30. The highest BCUT2D eigenvalue weighted by atomic mass is 16.1. The smallest absolute Gasteiger partial charge is 0.133 e. The lowest BCUT2D eigenvalue weighted by Crippen LogP contribution is -1.95. The van der Waals surface area contributed by atoms with Gasteiger partial charge in [0.15, 0.2) is 0 Å². The topological polar surface area (TPSA) is 17.1 Å². The van der Waals surface area contributed by atoms with Crippen LogP contribution in [-0.4, -0.2) is 5.78 Å². The molecule has 3 rings (SSSR count). The molecule has 0 aliphatic heterocycles. The van der Waals surface area contributed by atoms with E-state index in [-0.39, 0.29) is 0 Å². The van der Waals surface area contributed by atoms with Crippen LogP contribution in [0.15, 0.2) is 42.5 Å². The highest BCUT2D eigenvalue weighted by Gasteiger charge is 2.54. The molecule has 2 unspecified atom stereocenters. The summed E-state index contributed by atoms with van der Waals surface area (Å²) >= 11 is 0. The molecule has 2 atom stereocenters. The van der Waals surface area contributed by atoms with Gasteiger partial charge in [-0.25, -0.2) is 0 Å². The van der Waals surface area contributed by atoms with Crippen molar-refractivity contribution in [3.8, 4) is 0 Å². The standard InChI is InChI=1S/C15H16O/c16-12-9-14-13(15(14)10-12)8-4-7-11-5-2-1-3-6-11/h1-6,8,13-15H,7,9-10H2. The minimum absolute atomic E-state index is 0.475. The van der Waals surface area contributed by atoms with Crippen molar-refractivity contribution in [2.24, 2.45) is 17.8 Å². The third-order valence-corrected chi connectivity index (χ3v) is 3.88. The average Bonchev–Trinajstić information content (AvgIpc) is 2.77. The van der Waals surface area contributed by atoms with E-state index in [1.54, 1.807) is 0 Å². The summed E-state index contributed by atoms with van der Waals surface area (Å²) in [5.74, 6) is 2.57. The van der Waals surface area contributed by atoms with Gasteiger partial charge < -0.3 is 0 Å². The maximum atomic E-state index is 11.1. The van der Waals surface area contributed by atoms with E-state index >= 15 is 0 Å². The number of hydrogen-bond acceptors (Lipinski definition) is 1. The fourth-order valence-electron chi connectivity index (χ4n) is 2.92. The Labute approximate surface area is 96.2 Å². The van der Waals surface area contributed by atoms with E-state index < -0.39 is 0 Å². The molecule has 1 nitrogen and oxygen atoms in total. The number of Topliss-reactive ketones (excluding diaryl/α,β-unsaturated/α-hetero) is 1. The minimum atomic E-state index is 0.475. The fraction of sp³-hybridized carbons (Fsp3) is 0.400. The van der Waals surface area contributed by atoms with E-state index in [1.165, 1.54) is 5.56 Å². The molecule has 16 heavy (non-hydrogen) atoms. The fourth-order valence-corrected chi connectivity index (χ4v) is 2.92. The summed E-state index contributed by atoms with van der Waals surface area (Å²) < 4.78 is 0. The first kappa shape index (κ1) is 9.83. The molecule has 0 amide bonds. The van der Waals surface area contributed by atoms with Crippen LogP contribution in [0.2, 0.25) is 0 Å². The Morgan fingerprint density at radius 3 is 2.50 bits per heavy atom. The molecule has 0 radical (unpaired) electrons. The lowest BCUT2D eigenvalue weighted by Gasteiger charge is -1.96. The first-order valence-electron chi connectivity index (χ1n) is 6.07. The molecular formula is C15H16O. The lowest BCUT2D eigenvalue weighted by molar-refractivity contribution is -0.118. The van der Waals surface area contributed by atoms with Crippen molar-refractivity contribution in [2.45, 2.75) is 19.3 Å². The van der Waals surface area contributed by atoms with E-state index in [0.717, 1.165) is 19.3 Å². The number of ketones is 1. The van der Waals surface area contributed by atoms with Crippen molar-refractivity contribution in [2.75, 3.05) is 0 Å². The van der Waals surface area contributed by atoms with Crippen LogP contribution >= 0.6 is 0 Å². The second-order valence-corrected chi connectivity index (χ2v) is 4.97. The first-order valence-corrected chi connectivity index (χ1v) is 6.07. The highest BCUT2D eigenvalue weighted by molar-refractivity contribution is 5.83. The molecule has 0 bridgehead atoms. The van der Waals surface area contributed by atoms with E-state index in [9.17, 15) is 4.79 Å². The summed E-state index contributed by atoms with van der Waals surface area (Å²) in [6.07, 6.45) is 7.29. The van der Waals surface area contributed by atoms with Gasteiger partial charge in [0, 0.05) is 12.8 Å². The van der Waals surface area contributed by atoms with Gasteiger partial charge in [0.25, 0.3) is 0 Å². The highest BCUT2D eigenvalue weighted by Crippen LogP contribution is 2.56. The maximum Gasteiger partial charge on any atom is 0.133 e. The van der Waals surface area contributed by atoms with Crippen LogP contribution in [0.25, 0.3) is 0 Å². The number of carbonyl (C=O) groups is 1. The van der Waals surface area contributed by atoms with E-state index in [2.05, 4.69) is 36.4 Å². The number of hydrogen-bond donors (Lipinski definition) is 0. The number of benzene rings is 1. The predicted octanol–water partition coefficient (Wildman–Crippen LogP) is 3.01. The second kappa shape index (κ2) is 3.89. The summed E-state index contributed by atoms with van der Waals surface area (Å²) in [5, 5.41) is 0. The van der Waals surface area contributed by atoms with Gasteiger partial charge in [-0.3, -0.25) is 4.79 Å². The van der Waals surface area contributed by atoms with Gasteiger partial charge in [-0.1, -0.05) is 42.5 Å². The van der Waals surface area contributed by atoms with Crippen LogP contribution in [-0.2, 0) is 11.2 Å². The van der Waals surface area contributed by atoms with Crippen molar-refractivity contribution in [3.63, 3.8) is 0 Å². The van der Waals surface area contributed by atoms with Gasteiger partial charge in [-0.2, -0.15) is 0 Å². The molecule has 82 valence electrons. The van der Waals surface area contributed by atoms with Crippen LogP contribution in [0.5, 0.6) is 0 Å². The van der Waals surface area contributed by atoms with Crippen molar-refractivity contribution in [1.82, 2.24) is 0 Å². The summed E-state index contributed by atoms with van der Waals surface area (Å²) in [5.41, 5.74) is 1.36. The molecule has 0 N–H and O–H groups in total. The molecule has 0 spiro atoms. The molecule has 1 aromatic carbocycles. The zero-order chi connectivity index (χ0) is 11.0. The molecule has 0 saturated heterocycles. The van der Waals surface area contributed by atoms with Crippen molar-refractivity contribution >= 4 is 5.78 Å². The molecule has 2 saturated carbocycles. The van der Waals surface area contributed by atoms with Crippen LogP contribution < -0.4 is 0 Å². The van der Waals surface area contributed by atoms with Gasteiger partial charge in [-0.15, -0.1) is 0 Å². The molecule has 2 aliphatic rings. The molecule has 2 aliphatic carbocycles. The molecular weight excluding hydrogens is 196 g/mol. The Kier molecular flexibility index (Phi) is 2.39. The minimum Gasteiger partial charge on any atom is -0.300 e. The molecule has 1 heteroatoms. The number of carbonyl (C=O) groups excluding carboxylic acids is 1. The normalized spacial score (nSPS) is 32.0. The summed E-state index contributed by atoms with van der Waals surface area (Å²) in [4.78, 5) is 11.1.